The highest BCUT2D eigenvalue weighted by molar-refractivity contribution is 5.84. The number of aromatic nitrogens is 3. The molecule has 1 aliphatic rings. The fourth-order valence-corrected chi connectivity index (χ4v) is 3.23. The maximum Gasteiger partial charge on any atom is 0.282 e. The molecule has 0 bridgehead atoms. The van der Waals surface area contributed by atoms with Crippen molar-refractivity contribution in [2.75, 3.05) is 7.11 Å². The van der Waals surface area contributed by atoms with Gasteiger partial charge in [-0.05, 0) is 37.1 Å². The van der Waals surface area contributed by atoms with Gasteiger partial charge in [-0.3, -0.25) is 9.36 Å². The van der Waals surface area contributed by atoms with Crippen molar-refractivity contribution < 1.29 is 4.74 Å². The largest absolute Gasteiger partial charge is 0.497 e. The molecule has 6 heteroatoms. The summed E-state index contributed by atoms with van der Waals surface area (Å²) in [4.78, 5) is 17.3. The number of nitrogens with zero attached hydrogens (tertiary/aromatic N) is 4. The second kappa shape index (κ2) is 4.99. The lowest BCUT2D eigenvalue weighted by atomic mass is 10.2. The van der Waals surface area contributed by atoms with Crippen LogP contribution >= 0.6 is 0 Å². The van der Waals surface area contributed by atoms with Crippen LogP contribution < -0.4 is 10.3 Å². The van der Waals surface area contributed by atoms with Gasteiger partial charge in [-0.1, -0.05) is 0 Å². The Bertz CT molecular complexity index is 1010. The Morgan fingerprint density at radius 3 is 2.78 bits per heavy atom. The van der Waals surface area contributed by atoms with Crippen molar-refractivity contribution in [2.45, 2.75) is 19.4 Å². The number of nitriles is 1. The predicted octanol–water partition coefficient (Wildman–Crippen LogP) is 2.01. The topological polar surface area (TPSA) is 72.8 Å². The molecule has 0 atom stereocenters. The first kappa shape index (κ1) is 13.6. The van der Waals surface area contributed by atoms with E-state index in [1.54, 1.807) is 19.2 Å². The van der Waals surface area contributed by atoms with Crippen LogP contribution in [0, 0.1) is 11.3 Å². The quantitative estimate of drug-likeness (QED) is 0.726. The minimum atomic E-state index is -0.148. The predicted molar refractivity (Wildman–Crippen MR) is 84.9 cm³/mol. The van der Waals surface area contributed by atoms with Gasteiger partial charge in [-0.2, -0.15) is 5.26 Å². The Morgan fingerprint density at radius 1 is 1.30 bits per heavy atom. The Kier molecular flexibility index (Phi) is 2.95. The number of benzene rings is 1. The third-order valence-electron chi connectivity index (χ3n) is 4.33. The summed E-state index contributed by atoms with van der Waals surface area (Å²) in [7, 11) is 1.60. The van der Waals surface area contributed by atoms with Gasteiger partial charge in [0.15, 0.2) is 0 Å². The van der Waals surface area contributed by atoms with Gasteiger partial charge in [0.25, 0.3) is 5.56 Å². The molecule has 4 rings (SSSR count). The molecule has 0 N–H and O–H groups in total. The van der Waals surface area contributed by atoms with Gasteiger partial charge in [0, 0.05) is 12.2 Å². The van der Waals surface area contributed by atoms with Gasteiger partial charge in [0.2, 0.25) is 0 Å². The molecule has 0 unspecified atom stereocenters. The van der Waals surface area contributed by atoms with Gasteiger partial charge in [0.05, 0.1) is 18.4 Å². The monoisotopic (exact) mass is 306 g/mol. The van der Waals surface area contributed by atoms with Crippen LogP contribution in [0.1, 0.15) is 17.7 Å². The second-order valence-corrected chi connectivity index (χ2v) is 5.50. The zero-order valence-electron chi connectivity index (χ0n) is 12.6. The van der Waals surface area contributed by atoms with E-state index in [1.807, 2.05) is 16.7 Å². The van der Waals surface area contributed by atoms with Crippen LogP contribution in [-0.4, -0.2) is 21.2 Å². The molecule has 0 saturated heterocycles. The van der Waals surface area contributed by atoms with E-state index >= 15 is 0 Å². The van der Waals surface area contributed by atoms with Crippen LogP contribution in [0.25, 0.3) is 16.7 Å². The number of rotatable bonds is 2. The standard InChI is InChI=1S/C17H14N4O2/c1-23-12-6-4-11(5-7-12)21-10-19-15-13(9-18)14-3-2-8-20(14)16(15)17(21)22/h4-7,10H,2-3,8H2,1H3. The third-order valence-corrected chi connectivity index (χ3v) is 4.33. The molecule has 114 valence electrons. The lowest BCUT2D eigenvalue weighted by Crippen LogP contribution is -2.20. The molecule has 23 heavy (non-hydrogen) atoms. The van der Waals surface area contributed by atoms with Crippen molar-refractivity contribution in [2.24, 2.45) is 0 Å². The van der Waals surface area contributed by atoms with E-state index in [4.69, 9.17) is 4.74 Å². The molecule has 0 amide bonds. The molecular weight excluding hydrogens is 292 g/mol. The minimum absolute atomic E-state index is 0.148. The first-order valence-electron chi connectivity index (χ1n) is 7.42. The summed E-state index contributed by atoms with van der Waals surface area (Å²) in [5.74, 6) is 0.728. The SMILES string of the molecule is COc1ccc(-n2cnc3c(C#N)c4n(c3c2=O)CCC4)cc1. The maximum absolute atomic E-state index is 12.9. The highest BCUT2D eigenvalue weighted by Crippen LogP contribution is 2.28. The van der Waals surface area contributed by atoms with E-state index in [0.29, 0.717) is 16.6 Å². The lowest BCUT2D eigenvalue weighted by Gasteiger charge is -2.07. The second-order valence-electron chi connectivity index (χ2n) is 5.50. The Hall–Kier alpha value is -3.07. The number of hydrogen-bond acceptors (Lipinski definition) is 4. The number of methoxy groups -OCH3 is 1. The van der Waals surface area contributed by atoms with E-state index < -0.39 is 0 Å². The van der Waals surface area contributed by atoms with Crippen molar-refractivity contribution in [3.05, 3.63) is 52.2 Å². The Balaban J connectivity index is 1.98. The summed E-state index contributed by atoms with van der Waals surface area (Å²) < 4.78 is 8.60. The van der Waals surface area contributed by atoms with Crippen LogP contribution in [-0.2, 0) is 13.0 Å². The van der Waals surface area contributed by atoms with Gasteiger partial charge in [-0.25, -0.2) is 4.98 Å². The molecule has 0 aliphatic carbocycles. The number of hydrogen-bond donors (Lipinski definition) is 0. The van der Waals surface area contributed by atoms with Gasteiger partial charge >= 0.3 is 0 Å². The Morgan fingerprint density at radius 2 is 2.09 bits per heavy atom. The molecule has 0 radical (unpaired) electrons. The van der Waals surface area contributed by atoms with Gasteiger partial charge in [-0.15, -0.1) is 0 Å². The first-order chi connectivity index (χ1) is 11.2. The average molecular weight is 306 g/mol. The van der Waals surface area contributed by atoms with E-state index in [-0.39, 0.29) is 5.56 Å². The molecule has 2 aromatic heterocycles. The molecule has 3 heterocycles. The lowest BCUT2D eigenvalue weighted by molar-refractivity contribution is 0.414. The maximum atomic E-state index is 12.9. The zero-order valence-corrected chi connectivity index (χ0v) is 12.6. The smallest absolute Gasteiger partial charge is 0.282 e. The molecular formula is C17H14N4O2. The van der Waals surface area contributed by atoms with Crippen molar-refractivity contribution in [1.82, 2.24) is 14.1 Å². The van der Waals surface area contributed by atoms with Crippen LogP contribution in [0.3, 0.4) is 0 Å². The highest BCUT2D eigenvalue weighted by atomic mass is 16.5. The molecule has 1 aliphatic heterocycles. The fourth-order valence-electron chi connectivity index (χ4n) is 3.23. The molecule has 0 spiro atoms. The van der Waals surface area contributed by atoms with Crippen LogP contribution in [0.5, 0.6) is 5.75 Å². The molecule has 0 saturated carbocycles. The van der Waals surface area contributed by atoms with Crippen molar-refractivity contribution >= 4 is 11.0 Å². The summed E-state index contributed by atoms with van der Waals surface area (Å²) in [5.41, 5.74) is 3.07. The van der Waals surface area contributed by atoms with E-state index in [9.17, 15) is 10.1 Å². The summed E-state index contributed by atoms with van der Waals surface area (Å²) in [6.45, 7) is 0.761. The average Bonchev–Trinajstić information content (AvgIpc) is 3.15. The zero-order chi connectivity index (χ0) is 16.0. The number of fused-ring (bicyclic) bond motifs is 3. The molecule has 3 aromatic rings. The first-order valence-corrected chi connectivity index (χ1v) is 7.42. The van der Waals surface area contributed by atoms with E-state index in [1.165, 1.54) is 10.9 Å². The van der Waals surface area contributed by atoms with Crippen LogP contribution in [0.4, 0.5) is 0 Å². The van der Waals surface area contributed by atoms with E-state index in [2.05, 4.69) is 11.1 Å². The normalized spacial score (nSPS) is 13.0. The fraction of sp³-hybridized carbons (Fsp3) is 0.235. The van der Waals surface area contributed by atoms with Crippen molar-refractivity contribution in [3.8, 4) is 17.5 Å². The number of aryl methyl sites for hydroxylation is 1. The van der Waals surface area contributed by atoms with E-state index in [0.717, 1.165) is 36.5 Å². The summed E-state index contributed by atoms with van der Waals surface area (Å²) in [6, 6.07) is 9.43. The van der Waals surface area contributed by atoms with Crippen LogP contribution in [0.15, 0.2) is 35.4 Å². The third kappa shape index (κ3) is 1.87. The van der Waals surface area contributed by atoms with Gasteiger partial charge < -0.3 is 9.30 Å². The highest BCUT2D eigenvalue weighted by Gasteiger charge is 2.24. The van der Waals surface area contributed by atoms with Crippen LogP contribution in [0.2, 0.25) is 0 Å². The summed E-state index contributed by atoms with van der Waals surface area (Å²) in [6.07, 6.45) is 3.26. The Labute approximate surface area is 132 Å². The molecule has 6 nitrogen and oxygen atoms in total. The molecule has 1 aromatic carbocycles. The van der Waals surface area contributed by atoms with Crippen molar-refractivity contribution in [3.63, 3.8) is 0 Å². The number of ether oxygens (including phenoxy) is 1. The van der Waals surface area contributed by atoms with Crippen molar-refractivity contribution in [1.29, 1.82) is 5.26 Å². The summed E-state index contributed by atoms with van der Waals surface area (Å²) in [5, 5.41) is 9.40. The minimum Gasteiger partial charge on any atom is -0.497 e. The summed E-state index contributed by atoms with van der Waals surface area (Å²) >= 11 is 0. The molecule has 0 fully saturated rings. The van der Waals surface area contributed by atoms with Gasteiger partial charge in [0.1, 0.15) is 29.2 Å².